The summed E-state index contributed by atoms with van der Waals surface area (Å²) in [5.74, 6) is -1.33. The first kappa shape index (κ1) is 14.2. The number of aliphatic hydroxyl groups excluding tert-OH is 3. The maximum absolute atomic E-state index is 11.9. The zero-order chi connectivity index (χ0) is 14.9. The summed E-state index contributed by atoms with van der Waals surface area (Å²) in [6.07, 6.45) is -1.56. The normalized spacial score (nSPS) is 14.2. The monoisotopic (exact) mass is 279 g/mol. The number of H-pyrrole nitrogens is 1. The lowest BCUT2D eigenvalue weighted by Crippen LogP contribution is -2.22. The highest BCUT2D eigenvalue weighted by Crippen LogP contribution is 2.20. The van der Waals surface area contributed by atoms with Crippen LogP contribution in [0.1, 0.15) is 22.0 Å². The minimum atomic E-state index is -1.34. The van der Waals surface area contributed by atoms with E-state index < -0.39 is 30.2 Å². The Morgan fingerprint density at radius 2 is 2.00 bits per heavy atom. The molecule has 2 atom stereocenters. The first-order valence-corrected chi connectivity index (χ1v) is 5.81. The van der Waals surface area contributed by atoms with Crippen molar-refractivity contribution in [2.45, 2.75) is 12.2 Å². The lowest BCUT2D eigenvalue weighted by atomic mass is 10.0. The topological polar surface area (TPSA) is 131 Å². The predicted molar refractivity (Wildman–Crippen MR) is 69.6 cm³/mol. The van der Waals surface area contributed by atoms with E-state index in [-0.39, 0.29) is 10.9 Å². The molecule has 2 unspecified atom stereocenters. The molecule has 20 heavy (non-hydrogen) atoms. The van der Waals surface area contributed by atoms with Crippen LogP contribution in [0.5, 0.6) is 0 Å². The fourth-order valence-electron chi connectivity index (χ4n) is 1.90. The van der Waals surface area contributed by atoms with Crippen LogP contribution in [0, 0.1) is 0 Å². The van der Waals surface area contributed by atoms with E-state index >= 15 is 0 Å². The summed E-state index contributed by atoms with van der Waals surface area (Å²) in [5.41, 5.74) is -0.365. The van der Waals surface area contributed by atoms with E-state index in [2.05, 4.69) is 4.98 Å². The smallest absolute Gasteiger partial charge is 0.341 e. The number of aromatic amines is 1. The van der Waals surface area contributed by atoms with Crippen LogP contribution in [-0.4, -0.2) is 44.1 Å². The minimum Gasteiger partial charge on any atom is -0.477 e. The van der Waals surface area contributed by atoms with Gasteiger partial charge in [-0.2, -0.15) is 0 Å². The number of aliphatic hydroxyl groups is 3. The molecule has 0 aliphatic carbocycles. The fourth-order valence-corrected chi connectivity index (χ4v) is 1.90. The third kappa shape index (κ3) is 2.42. The zero-order valence-electron chi connectivity index (χ0n) is 10.3. The second kappa shape index (κ2) is 5.41. The van der Waals surface area contributed by atoms with Gasteiger partial charge in [-0.3, -0.25) is 4.79 Å². The van der Waals surface area contributed by atoms with Crippen LogP contribution in [0.2, 0.25) is 0 Å². The highest BCUT2D eigenvalue weighted by molar-refractivity contribution is 5.92. The average molecular weight is 279 g/mol. The molecule has 0 amide bonds. The zero-order valence-corrected chi connectivity index (χ0v) is 10.3. The molecule has 0 aliphatic rings. The molecule has 106 valence electrons. The highest BCUT2D eigenvalue weighted by atomic mass is 16.4. The van der Waals surface area contributed by atoms with Gasteiger partial charge in [0.1, 0.15) is 17.8 Å². The van der Waals surface area contributed by atoms with Gasteiger partial charge in [0.15, 0.2) is 0 Å². The molecule has 0 radical (unpaired) electrons. The second-order valence-electron chi connectivity index (χ2n) is 4.34. The molecule has 2 rings (SSSR count). The van der Waals surface area contributed by atoms with E-state index in [0.717, 1.165) is 6.20 Å². The molecule has 1 aromatic carbocycles. The summed E-state index contributed by atoms with van der Waals surface area (Å²) in [7, 11) is 0. The Kier molecular flexibility index (Phi) is 3.84. The third-order valence-corrected chi connectivity index (χ3v) is 3.03. The van der Waals surface area contributed by atoms with Crippen molar-refractivity contribution in [3.8, 4) is 0 Å². The molecule has 0 saturated carbocycles. The highest BCUT2D eigenvalue weighted by Gasteiger charge is 2.18. The maximum atomic E-state index is 11.9. The van der Waals surface area contributed by atoms with Gasteiger partial charge in [-0.25, -0.2) is 4.79 Å². The van der Waals surface area contributed by atoms with E-state index in [1.54, 1.807) is 0 Å². The quantitative estimate of drug-likeness (QED) is 0.518. The number of hydrogen-bond donors (Lipinski definition) is 5. The number of carbonyl (C=O) groups is 1. The van der Waals surface area contributed by atoms with Crippen LogP contribution in [0.3, 0.4) is 0 Å². The summed E-state index contributed by atoms with van der Waals surface area (Å²) in [6.45, 7) is -0.603. The van der Waals surface area contributed by atoms with Gasteiger partial charge in [0.25, 0.3) is 0 Å². The number of pyridine rings is 1. The van der Waals surface area contributed by atoms with Crippen LogP contribution < -0.4 is 5.43 Å². The molecule has 0 bridgehead atoms. The largest absolute Gasteiger partial charge is 0.477 e. The van der Waals surface area contributed by atoms with Gasteiger partial charge in [-0.1, -0.05) is 6.07 Å². The van der Waals surface area contributed by atoms with Gasteiger partial charge in [0, 0.05) is 17.1 Å². The molecule has 0 saturated heterocycles. The molecule has 5 N–H and O–H groups in total. The third-order valence-electron chi connectivity index (χ3n) is 3.03. The van der Waals surface area contributed by atoms with E-state index in [9.17, 15) is 19.8 Å². The van der Waals surface area contributed by atoms with E-state index in [0.29, 0.717) is 11.1 Å². The van der Waals surface area contributed by atoms with Crippen molar-refractivity contribution in [1.82, 2.24) is 4.98 Å². The van der Waals surface area contributed by atoms with Crippen molar-refractivity contribution in [2.75, 3.05) is 6.61 Å². The van der Waals surface area contributed by atoms with Gasteiger partial charge in [0.2, 0.25) is 5.43 Å². The maximum Gasteiger partial charge on any atom is 0.341 e. The van der Waals surface area contributed by atoms with Crippen molar-refractivity contribution in [3.05, 3.63) is 45.7 Å². The first-order valence-electron chi connectivity index (χ1n) is 5.81. The molecule has 7 heteroatoms. The summed E-state index contributed by atoms with van der Waals surface area (Å²) >= 11 is 0. The lowest BCUT2D eigenvalue weighted by molar-refractivity contribution is -0.0152. The standard InChI is InChI=1S/C13H13NO6/c15-5-10(16)11(17)6-1-2-7-9(3-6)14-4-8(12(7)18)13(19)20/h1-4,10-11,15-17H,5H2,(H,14,18)(H,19,20). The Balaban J connectivity index is 2.55. The Labute approximate surface area is 112 Å². The summed E-state index contributed by atoms with van der Waals surface area (Å²) in [4.78, 5) is 25.4. The van der Waals surface area contributed by atoms with Crippen molar-refractivity contribution in [2.24, 2.45) is 0 Å². The number of nitrogens with one attached hydrogen (secondary N) is 1. The molecule has 2 aromatic rings. The van der Waals surface area contributed by atoms with Crippen LogP contribution in [0.4, 0.5) is 0 Å². The Morgan fingerprint density at radius 3 is 2.60 bits per heavy atom. The number of benzene rings is 1. The van der Waals surface area contributed by atoms with Gasteiger partial charge < -0.3 is 25.4 Å². The van der Waals surface area contributed by atoms with Crippen LogP contribution in [-0.2, 0) is 0 Å². The molecule has 7 nitrogen and oxygen atoms in total. The SMILES string of the molecule is O=C(O)c1c[nH]c2cc(C(O)C(O)CO)ccc2c1=O. The van der Waals surface area contributed by atoms with E-state index in [1.165, 1.54) is 18.2 Å². The number of fused-ring (bicyclic) bond motifs is 1. The molecule has 0 aliphatic heterocycles. The van der Waals surface area contributed by atoms with Gasteiger partial charge in [0.05, 0.1) is 6.61 Å². The Morgan fingerprint density at radius 1 is 1.30 bits per heavy atom. The molecule has 0 spiro atoms. The lowest BCUT2D eigenvalue weighted by Gasteiger charge is -2.16. The summed E-state index contributed by atoms with van der Waals surface area (Å²) in [6, 6.07) is 4.18. The van der Waals surface area contributed by atoms with E-state index in [4.69, 9.17) is 10.2 Å². The van der Waals surface area contributed by atoms with Crippen molar-refractivity contribution < 1.29 is 25.2 Å². The number of aromatic nitrogens is 1. The second-order valence-corrected chi connectivity index (χ2v) is 4.34. The fraction of sp³-hybridized carbons (Fsp3) is 0.231. The number of rotatable bonds is 4. The average Bonchev–Trinajstić information content (AvgIpc) is 2.45. The summed E-state index contributed by atoms with van der Waals surface area (Å²) in [5, 5.41) is 36.9. The molecular formula is C13H13NO6. The van der Waals surface area contributed by atoms with Crippen LogP contribution >= 0.6 is 0 Å². The molecule has 0 fully saturated rings. The van der Waals surface area contributed by atoms with Gasteiger partial charge >= 0.3 is 5.97 Å². The van der Waals surface area contributed by atoms with Crippen molar-refractivity contribution >= 4 is 16.9 Å². The van der Waals surface area contributed by atoms with Crippen LogP contribution in [0.25, 0.3) is 10.9 Å². The molecule has 1 aromatic heterocycles. The van der Waals surface area contributed by atoms with E-state index in [1.807, 2.05) is 0 Å². The molecule has 1 heterocycles. The Hall–Kier alpha value is -2.22. The minimum absolute atomic E-state index is 0.166. The number of hydrogen-bond acceptors (Lipinski definition) is 5. The number of carboxylic acids is 1. The van der Waals surface area contributed by atoms with Crippen LogP contribution in [0.15, 0.2) is 29.2 Å². The van der Waals surface area contributed by atoms with Crippen molar-refractivity contribution in [3.63, 3.8) is 0 Å². The number of carboxylic acid groups (broad SMARTS) is 1. The Bertz CT molecular complexity index is 708. The van der Waals surface area contributed by atoms with Gasteiger partial charge in [-0.05, 0) is 17.7 Å². The van der Waals surface area contributed by atoms with Crippen molar-refractivity contribution in [1.29, 1.82) is 0 Å². The van der Waals surface area contributed by atoms with Gasteiger partial charge in [-0.15, -0.1) is 0 Å². The predicted octanol–water partition coefficient (Wildman–Crippen LogP) is -0.387. The first-order chi connectivity index (χ1) is 9.45. The number of aromatic carboxylic acids is 1. The molecular weight excluding hydrogens is 266 g/mol. The summed E-state index contributed by atoms with van der Waals surface area (Å²) < 4.78 is 0.